The molecule has 2 aliphatic carbocycles. The second-order valence-corrected chi connectivity index (χ2v) is 10.4. The van der Waals surface area contributed by atoms with E-state index in [0.29, 0.717) is 29.7 Å². The molecule has 2 fully saturated rings. The molecule has 6 nitrogen and oxygen atoms in total. The minimum Gasteiger partial charge on any atom is -0.365 e. The normalized spacial score (nSPS) is 21.9. The number of rotatable bonds is 7. The molecule has 0 saturated heterocycles. The van der Waals surface area contributed by atoms with Crippen LogP contribution in [0.4, 0.5) is 14.6 Å². The molecule has 0 unspecified atom stereocenters. The van der Waals surface area contributed by atoms with Gasteiger partial charge < -0.3 is 9.88 Å². The van der Waals surface area contributed by atoms with Crippen LogP contribution in [0.5, 0.6) is 0 Å². The number of nitrogens with zero attached hydrogens (tertiary/aromatic N) is 5. The van der Waals surface area contributed by atoms with Crippen LogP contribution in [0.1, 0.15) is 76.0 Å². The van der Waals surface area contributed by atoms with E-state index in [1.165, 1.54) is 18.6 Å². The summed E-state index contributed by atoms with van der Waals surface area (Å²) >= 11 is 0. The number of imidazole rings is 1. The predicted octanol–water partition coefficient (Wildman–Crippen LogP) is 6.26. The van der Waals surface area contributed by atoms with Gasteiger partial charge in [-0.3, -0.25) is 0 Å². The van der Waals surface area contributed by atoms with Crippen molar-refractivity contribution in [3.63, 3.8) is 0 Å². The number of fused-ring (bicyclic) bond motifs is 1. The second kappa shape index (κ2) is 9.52. The molecule has 0 spiro atoms. The third kappa shape index (κ3) is 4.61. The summed E-state index contributed by atoms with van der Waals surface area (Å²) in [5.74, 6) is -1.83. The van der Waals surface area contributed by atoms with E-state index in [1.807, 2.05) is 6.07 Å². The highest BCUT2D eigenvalue weighted by atomic mass is 19.3. The van der Waals surface area contributed by atoms with Crippen molar-refractivity contribution in [2.45, 2.75) is 77.3 Å². The van der Waals surface area contributed by atoms with Crippen LogP contribution in [0.2, 0.25) is 0 Å². The fourth-order valence-corrected chi connectivity index (χ4v) is 5.42. The first-order valence-electron chi connectivity index (χ1n) is 12.8. The summed E-state index contributed by atoms with van der Waals surface area (Å²) in [6, 6.07) is 9.89. The van der Waals surface area contributed by atoms with E-state index in [0.717, 1.165) is 38.5 Å². The molecule has 1 aromatic carbocycles. The van der Waals surface area contributed by atoms with E-state index in [4.69, 9.17) is 0 Å². The number of halogens is 2. The number of benzene rings is 1. The molecule has 0 amide bonds. The van der Waals surface area contributed by atoms with E-state index in [9.17, 15) is 5.26 Å². The average molecular weight is 479 g/mol. The third-order valence-corrected chi connectivity index (χ3v) is 7.92. The summed E-state index contributed by atoms with van der Waals surface area (Å²) in [5.41, 5.74) is 0.508. The molecular formula is C27H32F2N6. The second-order valence-electron chi connectivity index (χ2n) is 10.4. The summed E-state index contributed by atoms with van der Waals surface area (Å²) in [6.07, 6.45) is 7.64. The van der Waals surface area contributed by atoms with Crippen molar-refractivity contribution in [3.05, 3.63) is 47.5 Å². The molecule has 1 N–H and O–H groups in total. The average Bonchev–Trinajstić information content (AvgIpc) is 3.19. The standard InChI is InChI=1S/C27H32F2N6/c1-17-11-13-19(14-12-17)16-35-23-24(31-18(2)20-7-6-8-20)32-22(15-30)33-25(23)34-26(35)27(28,29)21-9-4-3-5-10-21/h3-5,9-10,17-20H,6-8,11-14,16H2,1-2H3,(H,31,32,33)/t17?,18-,19?/m1/s1. The highest BCUT2D eigenvalue weighted by Crippen LogP contribution is 2.40. The minimum absolute atomic E-state index is 0.0634. The van der Waals surface area contributed by atoms with Crippen molar-refractivity contribution < 1.29 is 8.78 Å². The topological polar surface area (TPSA) is 79.4 Å². The van der Waals surface area contributed by atoms with E-state index < -0.39 is 5.92 Å². The Kier molecular flexibility index (Phi) is 6.43. The molecule has 3 aromatic rings. The maximum atomic E-state index is 16.0. The Hall–Kier alpha value is -3.08. The summed E-state index contributed by atoms with van der Waals surface area (Å²) in [4.78, 5) is 13.1. The minimum atomic E-state index is -3.31. The smallest absolute Gasteiger partial charge is 0.330 e. The van der Waals surface area contributed by atoms with Gasteiger partial charge in [0, 0.05) is 18.2 Å². The Morgan fingerprint density at radius 2 is 1.80 bits per heavy atom. The number of hydrogen-bond donors (Lipinski definition) is 1. The molecule has 35 heavy (non-hydrogen) atoms. The fourth-order valence-electron chi connectivity index (χ4n) is 5.42. The molecule has 2 saturated carbocycles. The van der Waals surface area contributed by atoms with Crippen LogP contribution in [-0.2, 0) is 12.5 Å². The number of hydrogen-bond acceptors (Lipinski definition) is 5. The number of nitriles is 1. The lowest BCUT2D eigenvalue weighted by Crippen LogP contribution is -2.31. The van der Waals surface area contributed by atoms with Crippen LogP contribution in [0.3, 0.4) is 0 Å². The molecule has 8 heteroatoms. The zero-order chi connectivity index (χ0) is 24.6. The van der Waals surface area contributed by atoms with Gasteiger partial charge in [0.1, 0.15) is 11.6 Å². The largest absolute Gasteiger partial charge is 0.365 e. The first-order valence-corrected chi connectivity index (χ1v) is 12.8. The number of aromatic nitrogens is 4. The maximum Gasteiger partial charge on any atom is 0.330 e. The highest BCUT2D eigenvalue weighted by Gasteiger charge is 2.41. The number of alkyl halides is 2. The summed E-state index contributed by atoms with van der Waals surface area (Å²) in [7, 11) is 0. The Morgan fingerprint density at radius 3 is 2.43 bits per heavy atom. The van der Waals surface area contributed by atoms with Crippen molar-refractivity contribution >= 4 is 17.0 Å². The van der Waals surface area contributed by atoms with Crippen LogP contribution < -0.4 is 5.32 Å². The lowest BCUT2D eigenvalue weighted by atomic mass is 9.80. The van der Waals surface area contributed by atoms with Crippen molar-refractivity contribution in [1.82, 2.24) is 19.5 Å². The van der Waals surface area contributed by atoms with Gasteiger partial charge in [-0.2, -0.15) is 24.0 Å². The monoisotopic (exact) mass is 478 g/mol. The molecule has 1 atom stereocenters. The fraction of sp³-hybridized carbons (Fsp3) is 0.556. The molecule has 2 aromatic heterocycles. The molecule has 0 radical (unpaired) electrons. The molecule has 184 valence electrons. The van der Waals surface area contributed by atoms with Crippen LogP contribution in [0, 0.1) is 29.1 Å². The maximum absolute atomic E-state index is 16.0. The molecule has 0 aliphatic heterocycles. The van der Waals surface area contributed by atoms with Gasteiger partial charge in [0.25, 0.3) is 0 Å². The lowest BCUT2D eigenvalue weighted by molar-refractivity contribution is 0.0282. The van der Waals surface area contributed by atoms with Crippen LogP contribution in [0.15, 0.2) is 30.3 Å². The van der Waals surface area contributed by atoms with Gasteiger partial charge in [0.15, 0.2) is 17.3 Å². The van der Waals surface area contributed by atoms with Gasteiger partial charge in [-0.1, -0.05) is 56.5 Å². The van der Waals surface area contributed by atoms with E-state index in [2.05, 4.69) is 34.1 Å². The predicted molar refractivity (Wildman–Crippen MR) is 131 cm³/mol. The van der Waals surface area contributed by atoms with E-state index in [-0.39, 0.29) is 34.8 Å². The van der Waals surface area contributed by atoms with Gasteiger partial charge >= 0.3 is 5.92 Å². The van der Waals surface area contributed by atoms with Gasteiger partial charge in [-0.25, -0.2) is 4.98 Å². The summed E-state index contributed by atoms with van der Waals surface area (Å²) in [5, 5.41) is 13.0. The SMILES string of the molecule is CC1CCC(Cn2c(C(F)(F)c3ccccc3)nc3nc(C#N)nc(N[C@H](C)C4CCC4)c32)CC1. The van der Waals surface area contributed by atoms with E-state index >= 15 is 8.78 Å². The van der Waals surface area contributed by atoms with Crippen molar-refractivity contribution in [2.75, 3.05) is 5.32 Å². The van der Waals surface area contributed by atoms with Gasteiger partial charge in [-0.15, -0.1) is 0 Å². The number of anilines is 1. The molecule has 2 heterocycles. The first-order chi connectivity index (χ1) is 16.9. The lowest BCUT2D eigenvalue weighted by Gasteiger charge is -2.32. The Bertz CT molecular complexity index is 1220. The summed E-state index contributed by atoms with van der Waals surface area (Å²) < 4.78 is 33.5. The van der Waals surface area contributed by atoms with E-state index in [1.54, 1.807) is 22.8 Å². The van der Waals surface area contributed by atoms with Gasteiger partial charge in [0.05, 0.1) is 0 Å². The van der Waals surface area contributed by atoms with Crippen LogP contribution >= 0.6 is 0 Å². The third-order valence-electron chi connectivity index (χ3n) is 7.92. The molecular weight excluding hydrogens is 446 g/mol. The molecule has 5 rings (SSSR count). The zero-order valence-electron chi connectivity index (χ0n) is 20.3. The molecule has 0 bridgehead atoms. The zero-order valence-corrected chi connectivity index (χ0v) is 20.3. The van der Waals surface area contributed by atoms with Crippen molar-refractivity contribution in [2.24, 2.45) is 17.8 Å². The van der Waals surface area contributed by atoms with Gasteiger partial charge in [-0.05, 0) is 50.4 Å². The Labute approximate surface area is 204 Å². The highest BCUT2D eigenvalue weighted by molar-refractivity contribution is 5.84. The number of nitrogens with one attached hydrogen (secondary N) is 1. The van der Waals surface area contributed by atoms with Crippen LogP contribution in [-0.4, -0.2) is 25.6 Å². The van der Waals surface area contributed by atoms with Crippen molar-refractivity contribution in [1.29, 1.82) is 5.26 Å². The van der Waals surface area contributed by atoms with Gasteiger partial charge in [0.2, 0.25) is 5.82 Å². The molecule has 2 aliphatic rings. The van der Waals surface area contributed by atoms with Crippen molar-refractivity contribution in [3.8, 4) is 6.07 Å². The quantitative estimate of drug-likeness (QED) is 0.433. The van der Waals surface area contributed by atoms with Crippen LogP contribution in [0.25, 0.3) is 11.2 Å². The summed E-state index contributed by atoms with van der Waals surface area (Å²) in [6.45, 7) is 4.77. The Morgan fingerprint density at radius 1 is 1.09 bits per heavy atom. The Balaban J connectivity index is 1.65. The first kappa shape index (κ1) is 23.7.